The summed E-state index contributed by atoms with van der Waals surface area (Å²) < 4.78 is 14.0. The molecule has 2 aromatic carbocycles. The number of methoxy groups -OCH3 is 1. The summed E-state index contributed by atoms with van der Waals surface area (Å²) in [5.41, 5.74) is 1.50. The second-order valence-electron chi connectivity index (χ2n) is 6.50. The highest BCUT2D eigenvalue weighted by atomic mass is 16.5. The van der Waals surface area contributed by atoms with Crippen molar-refractivity contribution in [1.29, 1.82) is 0 Å². The Morgan fingerprint density at radius 2 is 1.83 bits per heavy atom. The monoisotopic (exact) mass is 392 g/mol. The molecule has 4 aromatic rings. The van der Waals surface area contributed by atoms with Gasteiger partial charge in [0.2, 0.25) is 5.78 Å². The zero-order valence-corrected chi connectivity index (χ0v) is 16.2. The molecule has 8 nitrogen and oxygen atoms in total. The number of esters is 1. The molecule has 0 saturated carbocycles. The van der Waals surface area contributed by atoms with E-state index in [0.717, 1.165) is 11.1 Å². The minimum atomic E-state index is -0.289. The first kappa shape index (κ1) is 18.7. The van der Waals surface area contributed by atoms with Gasteiger partial charge in [-0.1, -0.05) is 24.3 Å². The molecule has 8 heteroatoms. The van der Waals surface area contributed by atoms with Gasteiger partial charge in [0.1, 0.15) is 12.4 Å². The molecule has 2 aromatic heterocycles. The van der Waals surface area contributed by atoms with Crippen molar-refractivity contribution in [3.63, 3.8) is 0 Å². The van der Waals surface area contributed by atoms with Crippen LogP contribution in [0.3, 0.4) is 0 Å². The number of aromatic nitrogens is 4. The Balaban J connectivity index is 1.65. The second-order valence-corrected chi connectivity index (χ2v) is 6.50. The predicted molar refractivity (Wildman–Crippen MR) is 107 cm³/mol. The van der Waals surface area contributed by atoms with Gasteiger partial charge in [-0.2, -0.15) is 0 Å². The van der Waals surface area contributed by atoms with Crippen molar-refractivity contribution in [1.82, 2.24) is 19.2 Å². The first-order valence-corrected chi connectivity index (χ1v) is 9.26. The maximum absolute atomic E-state index is 12.7. The van der Waals surface area contributed by atoms with Crippen molar-refractivity contribution in [2.75, 3.05) is 7.11 Å². The molecule has 0 unspecified atom stereocenters. The number of nitrogens with zero attached hydrogens (tertiary/aromatic N) is 4. The highest BCUT2D eigenvalue weighted by Gasteiger charge is 2.16. The molecular formula is C21H20N4O4. The molecule has 0 aliphatic heterocycles. The zero-order valence-electron chi connectivity index (χ0n) is 16.2. The average molecular weight is 392 g/mol. The highest BCUT2D eigenvalue weighted by molar-refractivity contribution is 5.80. The number of aryl methyl sites for hydroxylation is 1. The van der Waals surface area contributed by atoms with Crippen molar-refractivity contribution in [3.05, 3.63) is 70.3 Å². The second kappa shape index (κ2) is 7.75. The van der Waals surface area contributed by atoms with E-state index in [4.69, 9.17) is 4.74 Å². The van der Waals surface area contributed by atoms with Gasteiger partial charge in [-0.05, 0) is 36.8 Å². The molecule has 0 fully saturated rings. The molecule has 4 rings (SSSR count). The van der Waals surface area contributed by atoms with Gasteiger partial charge in [0.05, 0.1) is 24.4 Å². The lowest BCUT2D eigenvalue weighted by Crippen LogP contribution is -2.22. The number of carbonyl (C=O) groups excluding carboxylic acids is 1. The van der Waals surface area contributed by atoms with Crippen LogP contribution in [-0.2, 0) is 29.1 Å². The summed E-state index contributed by atoms with van der Waals surface area (Å²) in [5.74, 6) is 1.44. The minimum Gasteiger partial charge on any atom is -0.486 e. The Hall–Kier alpha value is -3.68. The van der Waals surface area contributed by atoms with Gasteiger partial charge in [0, 0.05) is 6.54 Å². The Morgan fingerprint density at radius 1 is 1.07 bits per heavy atom. The summed E-state index contributed by atoms with van der Waals surface area (Å²) in [6.45, 7) is 2.58. The largest absolute Gasteiger partial charge is 0.486 e. The third-order valence-electron chi connectivity index (χ3n) is 4.76. The Labute approximate surface area is 166 Å². The minimum absolute atomic E-state index is 0.0864. The standard InChI is InChI=1S/C21H20N4O4/c1-3-24-20(27)16-6-4-5-7-17(16)25-18(22-23-21(24)25)13-29-15-10-8-14(9-11-15)12-19(26)28-2/h4-11H,3,12-13H2,1-2H3. The summed E-state index contributed by atoms with van der Waals surface area (Å²) in [5, 5.41) is 9.07. The van der Waals surface area contributed by atoms with Gasteiger partial charge in [0.15, 0.2) is 5.82 Å². The van der Waals surface area contributed by atoms with Crippen LogP contribution in [0.1, 0.15) is 18.3 Å². The van der Waals surface area contributed by atoms with E-state index < -0.39 is 0 Å². The number of benzene rings is 2. The van der Waals surface area contributed by atoms with Crippen LogP contribution in [0.15, 0.2) is 53.3 Å². The van der Waals surface area contributed by atoms with Crippen LogP contribution in [0.25, 0.3) is 16.7 Å². The molecule has 0 aliphatic rings. The molecular weight excluding hydrogens is 372 g/mol. The lowest BCUT2D eigenvalue weighted by molar-refractivity contribution is -0.139. The summed E-state index contributed by atoms with van der Waals surface area (Å²) in [4.78, 5) is 24.1. The molecule has 0 radical (unpaired) electrons. The summed E-state index contributed by atoms with van der Waals surface area (Å²) >= 11 is 0. The molecule has 0 saturated heterocycles. The number of carbonyl (C=O) groups is 1. The Morgan fingerprint density at radius 3 is 2.55 bits per heavy atom. The zero-order chi connectivity index (χ0) is 20.4. The fraction of sp³-hybridized carbons (Fsp3) is 0.238. The fourth-order valence-electron chi connectivity index (χ4n) is 3.28. The first-order chi connectivity index (χ1) is 14.1. The number of fused-ring (bicyclic) bond motifs is 3. The van der Waals surface area contributed by atoms with Crippen LogP contribution in [0, 0.1) is 0 Å². The average Bonchev–Trinajstić information content (AvgIpc) is 3.17. The number of rotatable bonds is 6. The van der Waals surface area contributed by atoms with E-state index in [1.54, 1.807) is 22.8 Å². The van der Waals surface area contributed by atoms with Crippen LogP contribution in [0.2, 0.25) is 0 Å². The van der Waals surface area contributed by atoms with Gasteiger partial charge < -0.3 is 9.47 Å². The molecule has 29 heavy (non-hydrogen) atoms. The predicted octanol–water partition coefficient (Wildman–Crippen LogP) is 2.36. The van der Waals surface area contributed by atoms with E-state index in [1.165, 1.54) is 7.11 Å². The molecule has 0 bridgehead atoms. The van der Waals surface area contributed by atoms with E-state index in [9.17, 15) is 9.59 Å². The van der Waals surface area contributed by atoms with Crippen molar-refractivity contribution in [3.8, 4) is 5.75 Å². The smallest absolute Gasteiger partial charge is 0.309 e. The van der Waals surface area contributed by atoms with Crippen LogP contribution >= 0.6 is 0 Å². The molecule has 0 N–H and O–H groups in total. The number of hydrogen-bond donors (Lipinski definition) is 0. The maximum Gasteiger partial charge on any atom is 0.309 e. The van der Waals surface area contributed by atoms with Gasteiger partial charge in [0.25, 0.3) is 5.56 Å². The maximum atomic E-state index is 12.7. The lowest BCUT2D eigenvalue weighted by atomic mass is 10.1. The van der Waals surface area contributed by atoms with Gasteiger partial charge >= 0.3 is 5.97 Å². The summed E-state index contributed by atoms with van der Waals surface area (Å²) in [7, 11) is 1.37. The van der Waals surface area contributed by atoms with E-state index >= 15 is 0 Å². The van der Waals surface area contributed by atoms with Gasteiger partial charge in [-0.3, -0.25) is 18.6 Å². The Kier molecular flexibility index (Phi) is 4.99. The molecule has 2 heterocycles. The normalized spacial score (nSPS) is 11.1. The van der Waals surface area contributed by atoms with E-state index in [1.807, 2.05) is 41.7 Å². The number of para-hydroxylation sites is 1. The molecule has 0 aliphatic carbocycles. The molecule has 0 amide bonds. The van der Waals surface area contributed by atoms with E-state index in [0.29, 0.717) is 29.3 Å². The van der Waals surface area contributed by atoms with Crippen LogP contribution in [-0.4, -0.2) is 32.2 Å². The van der Waals surface area contributed by atoms with Gasteiger partial charge in [-0.15, -0.1) is 10.2 Å². The van der Waals surface area contributed by atoms with E-state index in [-0.39, 0.29) is 24.6 Å². The number of ether oxygens (including phenoxy) is 2. The SMILES string of the molecule is CCn1c(=O)c2ccccc2n2c(COc3ccc(CC(=O)OC)cc3)nnc12. The summed E-state index contributed by atoms with van der Waals surface area (Å²) in [6, 6.07) is 14.6. The van der Waals surface area contributed by atoms with E-state index in [2.05, 4.69) is 14.9 Å². The Bertz CT molecular complexity index is 1240. The third-order valence-corrected chi connectivity index (χ3v) is 4.76. The van der Waals surface area contributed by atoms with Crippen molar-refractivity contribution < 1.29 is 14.3 Å². The fourth-order valence-corrected chi connectivity index (χ4v) is 3.28. The first-order valence-electron chi connectivity index (χ1n) is 9.26. The van der Waals surface area contributed by atoms with Crippen LogP contribution in [0.5, 0.6) is 5.75 Å². The van der Waals surface area contributed by atoms with Crippen molar-refractivity contribution >= 4 is 22.6 Å². The lowest BCUT2D eigenvalue weighted by Gasteiger charge is -2.10. The van der Waals surface area contributed by atoms with Crippen molar-refractivity contribution in [2.45, 2.75) is 26.5 Å². The van der Waals surface area contributed by atoms with Crippen LogP contribution in [0.4, 0.5) is 0 Å². The number of hydrogen-bond acceptors (Lipinski definition) is 6. The third kappa shape index (κ3) is 3.44. The van der Waals surface area contributed by atoms with Gasteiger partial charge in [-0.25, -0.2) is 0 Å². The topological polar surface area (TPSA) is 87.7 Å². The molecule has 148 valence electrons. The quantitative estimate of drug-likeness (QED) is 0.468. The molecule has 0 atom stereocenters. The highest BCUT2D eigenvalue weighted by Crippen LogP contribution is 2.18. The summed E-state index contributed by atoms with van der Waals surface area (Å²) in [6.07, 6.45) is 0.214. The molecule has 0 spiro atoms. The van der Waals surface area contributed by atoms with Crippen molar-refractivity contribution in [2.24, 2.45) is 0 Å². The van der Waals surface area contributed by atoms with Crippen LogP contribution < -0.4 is 10.3 Å².